The van der Waals surface area contributed by atoms with Crippen LogP contribution in [0.2, 0.25) is 0 Å². The van der Waals surface area contributed by atoms with Crippen LogP contribution >= 0.6 is 11.5 Å². The molecule has 0 saturated carbocycles. The highest BCUT2D eigenvalue weighted by Gasteiger charge is 2.40. The molecule has 2 rings (SSSR count). The third-order valence-electron chi connectivity index (χ3n) is 3.35. The Labute approximate surface area is 114 Å². The lowest BCUT2D eigenvalue weighted by Gasteiger charge is -2.33. The minimum Gasteiger partial charge on any atom is -0.481 e. The number of hydrogen-bond acceptors (Lipinski definition) is 6. The van der Waals surface area contributed by atoms with E-state index in [0.29, 0.717) is 36.6 Å². The Balaban J connectivity index is 2.02. The molecule has 2 N–H and O–H groups in total. The van der Waals surface area contributed by atoms with Crippen molar-refractivity contribution in [2.75, 3.05) is 19.8 Å². The zero-order chi connectivity index (χ0) is 13.9. The average Bonchev–Trinajstić information content (AvgIpc) is 2.83. The Morgan fingerprint density at radius 3 is 2.68 bits per heavy atom. The standard InChI is InChI=1S/C11H15N3O4S/c1-7-8(19-14-13-7)9(15)12-6-11(10(16)17)2-4-18-5-3-11/h2-6H2,1H3,(H,12,15)(H,16,17). The smallest absolute Gasteiger partial charge is 0.311 e. The first kappa shape index (κ1) is 13.9. The van der Waals surface area contributed by atoms with Gasteiger partial charge in [0.05, 0.1) is 11.1 Å². The number of amides is 1. The summed E-state index contributed by atoms with van der Waals surface area (Å²) in [5.41, 5.74) is -0.376. The normalized spacial score (nSPS) is 17.9. The van der Waals surface area contributed by atoms with Crippen LogP contribution in [0.3, 0.4) is 0 Å². The maximum Gasteiger partial charge on any atom is 0.311 e. The van der Waals surface area contributed by atoms with Crippen LogP contribution in [0.5, 0.6) is 0 Å². The van der Waals surface area contributed by atoms with E-state index in [1.165, 1.54) is 0 Å². The molecule has 0 radical (unpaired) electrons. The van der Waals surface area contributed by atoms with Crippen molar-refractivity contribution in [3.05, 3.63) is 10.6 Å². The lowest BCUT2D eigenvalue weighted by Crippen LogP contribution is -2.46. The lowest BCUT2D eigenvalue weighted by atomic mass is 9.80. The molecule has 0 aromatic carbocycles. The van der Waals surface area contributed by atoms with E-state index >= 15 is 0 Å². The van der Waals surface area contributed by atoms with Crippen molar-refractivity contribution in [1.29, 1.82) is 0 Å². The highest BCUT2D eigenvalue weighted by atomic mass is 32.1. The van der Waals surface area contributed by atoms with Crippen molar-refractivity contribution in [1.82, 2.24) is 14.9 Å². The summed E-state index contributed by atoms with van der Waals surface area (Å²) in [6.07, 6.45) is 0.811. The van der Waals surface area contributed by atoms with Crippen LogP contribution in [0.1, 0.15) is 28.2 Å². The third kappa shape index (κ3) is 2.90. The number of carbonyl (C=O) groups excluding carboxylic acids is 1. The van der Waals surface area contributed by atoms with E-state index in [9.17, 15) is 14.7 Å². The van der Waals surface area contributed by atoms with Crippen LogP contribution < -0.4 is 5.32 Å². The van der Waals surface area contributed by atoms with Crippen molar-refractivity contribution >= 4 is 23.4 Å². The highest BCUT2D eigenvalue weighted by molar-refractivity contribution is 7.07. The van der Waals surface area contributed by atoms with Gasteiger partial charge in [0.15, 0.2) is 0 Å². The number of carboxylic acids is 1. The highest BCUT2D eigenvalue weighted by Crippen LogP contribution is 2.30. The summed E-state index contributed by atoms with van der Waals surface area (Å²) in [4.78, 5) is 23.8. The van der Waals surface area contributed by atoms with Crippen LogP contribution in [0, 0.1) is 12.3 Å². The monoisotopic (exact) mass is 285 g/mol. The van der Waals surface area contributed by atoms with E-state index in [4.69, 9.17) is 4.74 Å². The minimum absolute atomic E-state index is 0.0991. The topological polar surface area (TPSA) is 101 Å². The molecular weight excluding hydrogens is 270 g/mol. The van der Waals surface area contributed by atoms with E-state index in [0.717, 1.165) is 11.5 Å². The number of rotatable bonds is 4. The second-order valence-corrected chi connectivity index (χ2v) is 5.32. The fourth-order valence-electron chi connectivity index (χ4n) is 2.00. The Kier molecular flexibility index (Phi) is 4.11. The van der Waals surface area contributed by atoms with Gasteiger partial charge in [0.1, 0.15) is 4.88 Å². The number of nitrogens with one attached hydrogen (secondary N) is 1. The molecule has 1 aliphatic rings. The van der Waals surface area contributed by atoms with E-state index in [1.807, 2.05) is 0 Å². The number of ether oxygens (including phenoxy) is 1. The van der Waals surface area contributed by atoms with E-state index in [-0.39, 0.29) is 12.5 Å². The summed E-state index contributed by atoms with van der Waals surface area (Å²) >= 11 is 1.01. The SMILES string of the molecule is Cc1nnsc1C(=O)NCC1(C(=O)O)CCOCC1. The number of carbonyl (C=O) groups is 2. The van der Waals surface area contributed by atoms with Gasteiger partial charge in [0.2, 0.25) is 0 Å². The van der Waals surface area contributed by atoms with E-state index in [2.05, 4.69) is 14.9 Å². The predicted octanol–water partition coefficient (Wildman–Crippen LogP) is 0.458. The van der Waals surface area contributed by atoms with Crippen molar-refractivity contribution < 1.29 is 19.4 Å². The van der Waals surface area contributed by atoms with Gasteiger partial charge in [-0.2, -0.15) is 0 Å². The van der Waals surface area contributed by atoms with Gasteiger partial charge in [-0.3, -0.25) is 9.59 Å². The molecule has 1 fully saturated rings. The molecular formula is C11H15N3O4S. The number of aryl methyl sites for hydroxylation is 1. The fourth-order valence-corrected chi connectivity index (χ4v) is 2.57. The molecule has 2 heterocycles. The van der Waals surface area contributed by atoms with E-state index in [1.54, 1.807) is 6.92 Å². The quantitative estimate of drug-likeness (QED) is 0.833. The van der Waals surface area contributed by atoms with Crippen LogP contribution in [-0.2, 0) is 9.53 Å². The first-order valence-corrected chi connectivity index (χ1v) is 6.71. The molecule has 8 heteroatoms. The lowest BCUT2D eigenvalue weighted by molar-refractivity contribution is -0.154. The second kappa shape index (κ2) is 5.62. The average molecular weight is 285 g/mol. The molecule has 104 valence electrons. The molecule has 0 unspecified atom stereocenters. The third-order valence-corrected chi connectivity index (χ3v) is 4.18. The van der Waals surface area contributed by atoms with Crippen LogP contribution in [0.15, 0.2) is 0 Å². The molecule has 0 spiro atoms. The van der Waals surface area contributed by atoms with Crippen LogP contribution in [0.25, 0.3) is 0 Å². The molecule has 1 amide bonds. The summed E-state index contributed by atoms with van der Waals surface area (Å²) in [6.45, 7) is 2.61. The van der Waals surface area contributed by atoms with Gasteiger partial charge in [0.25, 0.3) is 5.91 Å². The summed E-state index contributed by atoms with van der Waals surface area (Å²) in [6, 6.07) is 0. The maximum absolute atomic E-state index is 11.9. The summed E-state index contributed by atoms with van der Waals surface area (Å²) in [7, 11) is 0. The zero-order valence-electron chi connectivity index (χ0n) is 10.5. The Hall–Kier alpha value is -1.54. The first-order chi connectivity index (χ1) is 9.05. The van der Waals surface area contributed by atoms with Gasteiger partial charge in [-0.15, -0.1) is 5.10 Å². The minimum atomic E-state index is -0.931. The second-order valence-electron chi connectivity index (χ2n) is 4.57. The first-order valence-electron chi connectivity index (χ1n) is 5.93. The molecule has 0 atom stereocenters. The molecule has 1 aromatic rings. The Morgan fingerprint density at radius 2 is 2.16 bits per heavy atom. The van der Waals surface area contributed by atoms with Gasteiger partial charge in [-0.25, -0.2) is 0 Å². The van der Waals surface area contributed by atoms with Crippen molar-refractivity contribution in [2.45, 2.75) is 19.8 Å². The van der Waals surface area contributed by atoms with Gasteiger partial charge in [-0.05, 0) is 31.3 Å². The molecule has 0 aliphatic carbocycles. The number of hydrogen-bond donors (Lipinski definition) is 2. The Bertz CT molecular complexity index is 482. The van der Waals surface area contributed by atoms with Crippen LogP contribution in [0.4, 0.5) is 0 Å². The molecule has 7 nitrogen and oxygen atoms in total. The molecule has 1 aliphatic heterocycles. The fraction of sp³-hybridized carbons (Fsp3) is 0.636. The maximum atomic E-state index is 11.9. The largest absolute Gasteiger partial charge is 0.481 e. The number of carboxylic acid groups (broad SMARTS) is 1. The molecule has 0 bridgehead atoms. The van der Waals surface area contributed by atoms with Gasteiger partial charge in [0, 0.05) is 19.8 Å². The van der Waals surface area contributed by atoms with Gasteiger partial charge >= 0.3 is 5.97 Å². The van der Waals surface area contributed by atoms with Gasteiger partial charge < -0.3 is 15.2 Å². The van der Waals surface area contributed by atoms with Crippen molar-refractivity contribution in [3.63, 3.8) is 0 Å². The number of aromatic nitrogens is 2. The van der Waals surface area contributed by atoms with E-state index < -0.39 is 11.4 Å². The van der Waals surface area contributed by atoms with Gasteiger partial charge in [-0.1, -0.05) is 4.49 Å². The van der Waals surface area contributed by atoms with Crippen LogP contribution in [-0.4, -0.2) is 46.3 Å². The predicted molar refractivity (Wildman–Crippen MR) is 67.1 cm³/mol. The summed E-state index contributed by atoms with van der Waals surface area (Å²) < 4.78 is 8.86. The molecule has 1 saturated heterocycles. The number of nitrogens with zero attached hydrogens (tertiary/aromatic N) is 2. The summed E-state index contributed by atoms with van der Waals surface area (Å²) in [5, 5.41) is 15.8. The molecule has 19 heavy (non-hydrogen) atoms. The summed E-state index contributed by atoms with van der Waals surface area (Å²) in [5.74, 6) is -1.21. The van der Waals surface area contributed by atoms with Crippen molar-refractivity contribution in [2.24, 2.45) is 5.41 Å². The molecule has 1 aromatic heterocycles. The van der Waals surface area contributed by atoms with Crippen molar-refractivity contribution in [3.8, 4) is 0 Å². The number of aliphatic carboxylic acids is 1. The zero-order valence-corrected chi connectivity index (χ0v) is 11.3. The Morgan fingerprint density at radius 1 is 1.47 bits per heavy atom.